The van der Waals surface area contributed by atoms with E-state index in [4.69, 9.17) is 4.74 Å². The molecule has 20 heavy (non-hydrogen) atoms. The summed E-state index contributed by atoms with van der Waals surface area (Å²) < 4.78 is 5.25. The zero-order valence-electron chi connectivity index (χ0n) is 12.0. The zero-order chi connectivity index (χ0) is 14.5. The topological polar surface area (TPSA) is 32.8 Å². The minimum Gasteiger partial charge on any atom is -0.497 e. The average Bonchev–Trinajstić information content (AvgIpc) is 2.53. The lowest BCUT2D eigenvalue weighted by atomic mass is 10.2. The Bertz CT molecular complexity index is 459. The first-order valence-corrected chi connectivity index (χ1v) is 7.89. The van der Waals surface area contributed by atoms with Crippen LogP contribution in [0, 0.1) is 0 Å². The van der Waals surface area contributed by atoms with Crippen LogP contribution in [0.25, 0.3) is 0 Å². The first-order valence-electron chi connectivity index (χ1n) is 6.97. The summed E-state index contributed by atoms with van der Waals surface area (Å²) >= 11 is 3.44. The second-order valence-corrected chi connectivity index (χ2v) is 5.99. The van der Waals surface area contributed by atoms with Crippen molar-refractivity contribution in [2.75, 3.05) is 38.2 Å². The number of amides is 1. The molecule has 0 bridgehead atoms. The summed E-state index contributed by atoms with van der Waals surface area (Å²) in [5, 5.41) is 0. The summed E-state index contributed by atoms with van der Waals surface area (Å²) in [6.07, 6.45) is 0.828. The van der Waals surface area contributed by atoms with E-state index in [0.717, 1.165) is 44.0 Å². The Balaban J connectivity index is 1.95. The molecule has 110 valence electrons. The number of carbonyl (C=O) groups is 1. The number of methoxy groups -OCH3 is 1. The van der Waals surface area contributed by atoms with Gasteiger partial charge < -0.3 is 14.5 Å². The molecule has 1 saturated heterocycles. The van der Waals surface area contributed by atoms with Crippen molar-refractivity contribution in [3.05, 3.63) is 24.3 Å². The molecule has 5 heteroatoms. The molecule has 2 rings (SSSR count). The van der Waals surface area contributed by atoms with Gasteiger partial charge in [0.25, 0.3) is 0 Å². The van der Waals surface area contributed by atoms with Gasteiger partial charge in [-0.05, 0) is 18.6 Å². The highest BCUT2D eigenvalue weighted by atomic mass is 79.9. The van der Waals surface area contributed by atoms with Gasteiger partial charge >= 0.3 is 0 Å². The second-order valence-electron chi connectivity index (χ2n) is 4.89. The van der Waals surface area contributed by atoms with E-state index in [1.54, 1.807) is 7.11 Å². The van der Waals surface area contributed by atoms with Gasteiger partial charge in [-0.25, -0.2) is 0 Å². The van der Waals surface area contributed by atoms with Crippen molar-refractivity contribution < 1.29 is 9.53 Å². The molecule has 1 aromatic carbocycles. The highest BCUT2D eigenvalue weighted by Crippen LogP contribution is 2.22. The third-order valence-corrected chi connectivity index (χ3v) is 4.68. The van der Waals surface area contributed by atoms with E-state index in [-0.39, 0.29) is 10.7 Å². The Hall–Kier alpha value is -1.23. The van der Waals surface area contributed by atoms with Gasteiger partial charge in [-0.15, -0.1) is 0 Å². The Morgan fingerprint density at radius 2 is 2.05 bits per heavy atom. The molecule has 0 aliphatic carbocycles. The number of alkyl halides is 1. The van der Waals surface area contributed by atoms with Crippen molar-refractivity contribution in [3.63, 3.8) is 0 Å². The molecule has 1 aromatic rings. The van der Waals surface area contributed by atoms with Crippen LogP contribution in [-0.2, 0) is 4.79 Å². The molecule has 0 N–H and O–H groups in total. The van der Waals surface area contributed by atoms with E-state index in [9.17, 15) is 4.79 Å². The maximum Gasteiger partial charge on any atom is 0.236 e. The molecule has 0 spiro atoms. The number of nitrogens with zero attached hydrogens (tertiary/aromatic N) is 2. The fourth-order valence-corrected chi connectivity index (χ4v) is 2.65. The number of anilines is 1. The normalized spacial score (nSPS) is 16.9. The third kappa shape index (κ3) is 3.45. The van der Waals surface area contributed by atoms with Crippen molar-refractivity contribution in [1.29, 1.82) is 0 Å². The van der Waals surface area contributed by atoms with Crippen LogP contribution in [0.5, 0.6) is 5.75 Å². The highest BCUT2D eigenvalue weighted by Gasteiger charge is 2.24. The molecule has 0 saturated carbocycles. The number of ether oxygens (including phenoxy) is 1. The minimum atomic E-state index is -0.0501. The van der Waals surface area contributed by atoms with Crippen LogP contribution < -0.4 is 9.64 Å². The van der Waals surface area contributed by atoms with Crippen LogP contribution in [0.1, 0.15) is 13.3 Å². The lowest BCUT2D eigenvalue weighted by molar-refractivity contribution is -0.130. The summed E-state index contributed by atoms with van der Waals surface area (Å²) in [5.74, 6) is 1.07. The minimum absolute atomic E-state index is 0.0501. The number of hydrogen-bond donors (Lipinski definition) is 0. The maximum atomic E-state index is 12.1. The number of hydrogen-bond acceptors (Lipinski definition) is 3. The Morgan fingerprint density at radius 1 is 1.35 bits per heavy atom. The fraction of sp³-hybridized carbons (Fsp3) is 0.533. The molecular weight excluding hydrogens is 320 g/mol. The molecule has 1 aliphatic heterocycles. The van der Waals surface area contributed by atoms with Crippen molar-refractivity contribution in [3.8, 4) is 5.75 Å². The van der Waals surface area contributed by atoms with Crippen molar-refractivity contribution >= 4 is 27.5 Å². The van der Waals surface area contributed by atoms with E-state index < -0.39 is 0 Å². The molecule has 1 atom stereocenters. The Kier molecular flexibility index (Phi) is 5.29. The van der Waals surface area contributed by atoms with Gasteiger partial charge in [-0.3, -0.25) is 4.79 Å². The van der Waals surface area contributed by atoms with Crippen molar-refractivity contribution in [2.45, 2.75) is 18.2 Å². The van der Waals surface area contributed by atoms with Crippen LogP contribution in [0.4, 0.5) is 5.69 Å². The number of halogens is 1. The standard InChI is InChI=1S/C15H21BrN2O2/c1-3-14(16)15(19)18-9-7-17(8-10-18)12-5-4-6-13(11-12)20-2/h4-6,11,14H,3,7-10H2,1-2H3. The van der Waals surface area contributed by atoms with Crippen molar-refractivity contribution in [2.24, 2.45) is 0 Å². The quantitative estimate of drug-likeness (QED) is 0.789. The molecule has 1 unspecified atom stereocenters. The lowest BCUT2D eigenvalue weighted by Gasteiger charge is -2.37. The first-order chi connectivity index (χ1) is 9.65. The van der Waals surface area contributed by atoms with Crippen LogP contribution in [-0.4, -0.2) is 48.9 Å². The lowest BCUT2D eigenvalue weighted by Crippen LogP contribution is -2.50. The van der Waals surface area contributed by atoms with E-state index >= 15 is 0 Å². The summed E-state index contributed by atoms with van der Waals surface area (Å²) in [7, 11) is 1.68. The number of piperazine rings is 1. The highest BCUT2D eigenvalue weighted by molar-refractivity contribution is 9.10. The van der Waals surface area contributed by atoms with E-state index in [1.165, 1.54) is 0 Å². The van der Waals surface area contributed by atoms with E-state index in [0.29, 0.717) is 0 Å². The van der Waals surface area contributed by atoms with Gasteiger partial charge in [0.05, 0.1) is 11.9 Å². The van der Waals surface area contributed by atoms with Crippen LogP contribution in [0.2, 0.25) is 0 Å². The van der Waals surface area contributed by atoms with Gasteiger partial charge in [0, 0.05) is 37.9 Å². The van der Waals surface area contributed by atoms with Crippen LogP contribution in [0.3, 0.4) is 0 Å². The molecule has 1 amide bonds. The second kappa shape index (κ2) is 6.97. The van der Waals surface area contributed by atoms with Gasteiger partial charge in [0.1, 0.15) is 5.75 Å². The molecule has 1 heterocycles. The number of carbonyl (C=O) groups excluding carboxylic acids is 1. The molecule has 0 radical (unpaired) electrons. The fourth-order valence-electron chi connectivity index (χ4n) is 2.36. The molecule has 1 fully saturated rings. The third-order valence-electron chi connectivity index (χ3n) is 3.64. The average molecular weight is 341 g/mol. The summed E-state index contributed by atoms with van der Waals surface area (Å²) in [4.78, 5) is 16.3. The SMILES string of the molecule is CCC(Br)C(=O)N1CCN(c2cccc(OC)c2)CC1. The smallest absolute Gasteiger partial charge is 0.236 e. The predicted octanol–water partition coefficient (Wildman–Crippen LogP) is 2.52. The Morgan fingerprint density at radius 3 is 2.65 bits per heavy atom. The van der Waals surface area contributed by atoms with E-state index in [1.807, 2.05) is 30.0 Å². The number of benzene rings is 1. The van der Waals surface area contributed by atoms with Crippen molar-refractivity contribution in [1.82, 2.24) is 4.90 Å². The number of rotatable bonds is 4. The van der Waals surface area contributed by atoms with Crippen LogP contribution >= 0.6 is 15.9 Å². The first kappa shape index (κ1) is 15.2. The Labute approximate surface area is 128 Å². The molecular formula is C15H21BrN2O2. The monoisotopic (exact) mass is 340 g/mol. The summed E-state index contributed by atoms with van der Waals surface area (Å²) in [6, 6.07) is 8.06. The molecule has 0 aromatic heterocycles. The molecule has 1 aliphatic rings. The van der Waals surface area contributed by atoms with Crippen LogP contribution in [0.15, 0.2) is 24.3 Å². The largest absolute Gasteiger partial charge is 0.497 e. The van der Waals surface area contributed by atoms with E-state index in [2.05, 4.69) is 26.9 Å². The van der Waals surface area contributed by atoms with Gasteiger partial charge in [-0.1, -0.05) is 28.9 Å². The summed E-state index contributed by atoms with van der Waals surface area (Å²) in [5.41, 5.74) is 1.15. The zero-order valence-corrected chi connectivity index (χ0v) is 13.6. The predicted molar refractivity (Wildman–Crippen MR) is 84.8 cm³/mol. The van der Waals surface area contributed by atoms with Gasteiger partial charge in [-0.2, -0.15) is 0 Å². The summed E-state index contributed by atoms with van der Waals surface area (Å²) in [6.45, 7) is 5.30. The maximum absolute atomic E-state index is 12.1. The van der Waals surface area contributed by atoms with Gasteiger partial charge in [0.15, 0.2) is 0 Å². The molecule has 4 nitrogen and oxygen atoms in total. The van der Waals surface area contributed by atoms with Gasteiger partial charge in [0.2, 0.25) is 5.91 Å².